The van der Waals surface area contributed by atoms with Gasteiger partial charge in [-0.1, -0.05) is 18.2 Å². The first-order valence-electron chi connectivity index (χ1n) is 5.35. The van der Waals surface area contributed by atoms with E-state index in [4.69, 9.17) is 5.11 Å². The summed E-state index contributed by atoms with van der Waals surface area (Å²) in [5.74, 6) is -0.525. The number of hydrogen-bond donors (Lipinski definition) is 1. The fraction of sp³-hybridized carbons (Fsp3) is 0.154. The number of rotatable bonds is 3. The monoisotopic (exact) mass is 244 g/mol. The molecule has 2 rings (SSSR count). The Hall–Kier alpha value is -2.27. The minimum absolute atomic E-state index is 0.0437. The van der Waals surface area contributed by atoms with E-state index in [0.29, 0.717) is 5.69 Å². The highest BCUT2D eigenvalue weighted by Crippen LogP contribution is 2.18. The number of aliphatic hydroxyl groups excluding tert-OH is 1. The fourth-order valence-corrected chi connectivity index (χ4v) is 1.54. The van der Waals surface area contributed by atoms with Crippen molar-refractivity contribution in [3.63, 3.8) is 0 Å². The lowest BCUT2D eigenvalue weighted by Crippen LogP contribution is -2.05. The van der Waals surface area contributed by atoms with Gasteiger partial charge in [-0.25, -0.2) is 9.78 Å². The third kappa shape index (κ3) is 2.52. The van der Waals surface area contributed by atoms with Crippen molar-refractivity contribution in [3.8, 4) is 11.3 Å². The van der Waals surface area contributed by atoms with Crippen LogP contribution in [0.1, 0.15) is 16.1 Å². The van der Waals surface area contributed by atoms with Gasteiger partial charge in [-0.3, -0.25) is 4.98 Å². The van der Waals surface area contributed by atoms with Gasteiger partial charge in [-0.2, -0.15) is 0 Å². The van der Waals surface area contributed by atoms with Crippen LogP contribution < -0.4 is 0 Å². The fourth-order valence-electron chi connectivity index (χ4n) is 1.54. The normalized spacial score (nSPS) is 10.1. The Labute approximate surface area is 104 Å². The first kappa shape index (κ1) is 12.2. The molecule has 2 aromatic rings. The van der Waals surface area contributed by atoms with E-state index in [1.807, 2.05) is 12.1 Å². The van der Waals surface area contributed by atoms with Gasteiger partial charge in [0.05, 0.1) is 31.8 Å². The molecule has 0 aliphatic carbocycles. The highest BCUT2D eigenvalue weighted by atomic mass is 16.5. The molecule has 5 heteroatoms. The van der Waals surface area contributed by atoms with Crippen molar-refractivity contribution in [2.45, 2.75) is 6.61 Å². The highest BCUT2D eigenvalue weighted by molar-refractivity contribution is 5.87. The number of carbonyl (C=O) groups is 1. The summed E-state index contributed by atoms with van der Waals surface area (Å²) in [7, 11) is 1.29. The summed E-state index contributed by atoms with van der Waals surface area (Å²) < 4.78 is 4.59. The molecule has 0 unspecified atom stereocenters. The lowest BCUT2D eigenvalue weighted by molar-refractivity contribution is 0.0593. The third-order valence-corrected chi connectivity index (χ3v) is 2.43. The zero-order chi connectivity index (χ0) is 13.0. The second kappa shape index (κ2) is 5.37. The number of nitrogens with zero attached hydrogens (tertiary/aromatic N) is 2. The maximum atomic E-state index is 11.4. The van der Waals surface area contributed by atoms with Gasteiger partial charge >= 0.3 is 5.97 Å². The van der Waals surface area contributed by atoms with E-state index in [0.717, 1.165) is 11.1 Å². The molecule has 92 valence electrons. The summed E-state index contributed by atoms with van der Waals surface area (Å²) in [5, 5.41) is 9.08. The number of benzene rings is 1. The van der Waals surface area contributed by atoms with Gasteiger partial charge in [0.25, 0.3) is 0 Å². The molecule has 0 amide bonds. The van der Waals surface area contributed by atoms with E-state index in [1.54, 1.807) is 18.3 Å². The zero-order valence-corrected chi connectivity index (χ0v) is 9.83. The van der Waals surface area contributed by atoms with Gasteiger partial charge in [-0.05, 0) is 11.6 Å². The smallest absolute Gasteiger partial charge is 0.358 e. The summed E-state index contributed by atoms with van der Waals surface area (Å²) >= 11 is 0. The predicted octanol–water partition coefficient (Wildman–Crippen LogP) is 1.42. The van der Waals surface area contributed by atoms with E-state index in [-0.39, 0.29) is 12.3 Å². The molecule has 0 fully saturated rings. The molecule has 1 N–H and O–H groups in total. The summed E-state index contributed by atoms with van der Waals surface area (Å²) in [6, 6.07) is 7.25. The molecule has 0 aliphatic heterocycles. The Morgan fingerprint density at radius 1 is 1.39 bits per heavy atom. The number of methoxy groups -OCH3 is 1. The number of carbonyl (C=O) groups excluding carboxylic acids is 1. The molecule has 0 bridgehead atoms. The van der Waals surface area contributed by atoms with E-state index >= 15 is 0 Å². The zero-order valence-electron chi connectivity index (χ0n) is 9.83. The summed E-state index contributed by atoms with van der Waals surface area (Å²) in [6.45, 7) is -0.0437. The van der Waals surface area contributed by atoms with Crippen molar-refractivity contribution in [2.75, 3.05) is 7.11 Å². The van der Waals surface area contributed by atoms with Crippen LogP contribution in [0.4, 0.5) is 0 Å². The molecule has 1 heterocycles. The summed E-state index contributed by atoms with van der Waals surface area (Å²) in [6.07, 6.45) is 2.91. The van der Waals surface area contributed by atoms with E-state index < -0.39 is 5.97 Å². The topological polar surface area (TPSA) is 72.3 Å². The maximum Gasteiger partial charge on any atom is 0.358 e. The van der Waals surface area contributed by atoms with Crippen LogP contribution in [0.15, 0.2) is 36.7 Å². The van der Waals surface area contributed by atoms with E-state index in [2.05, 4.69) is 14.7 Å². The maximum absolute atomic E-state index is 11.4. The van der Waals surface area contributed by atoms with Gasteiger partial charge < -0.3 is 9.84 Å². The number of aliphatic hydroxyl groups is 1. The Bertz CT molecular complexity index is 570. The van der Waals surface area contributed by atoms with Crippen molar-refractivity contribution in [2.24, 2.45) is 0 Å². The van der Waals surface area contributed by atoms with Crippen LogP contribution in [0.5, 0.6) is 0 Å². The standard InChI is InChI=1S/C13H12N2O3/c1-18-13(17)12-7-14-6-11(15-12)10-4-2-3-9(5-10)8-16/h2-7,16H,8H2,1H3. The van der Waals surface area contributed by atoms with Crippen LogP contribution in [0.25, 0.3) is 11.3 Å². The number of esters is 1. The quantitative estimate of drug-likeness (QED) is 0.827. The number of aromatic nitrogens is 2. The molecule has 1 aromatic carbocycles. The molecule has 1 aromatic heterocycles. The number of hydrogen-bond acceptors (Lipinski definition) is 5. The Kier molecular flexibility index (Phi) is 3.64. The van der Waals surface area contributed by atoms with Crippen molar-refractivity contribution in [1.29, 1.82) is 0 Å². The van der Waals surface area contributed by atoms with Gasteiger partial charge in [-0.15, -0.1) is 0 Å². The number of ether oxygens (including phenoxy) is 1. The molecule has 0 atom stereocenters. The Morgan fingerprint density at radius 3 is 2.94 bits per heavy atom. The second-order valence-corrected chi connectivity index (χ2v) is 3.64. The minimum Gasteiger partial charge on any atom is -0.464 e. The first-order valence-corrected chi connectivity index (χ1v) is 5.35. The highest BCUT2D eigenvalue weighted by Gasteiger charge is 2.09. The van der Waals surface area contributed by atoms with Crippen LogP contribution in [0.2, 0.25) is 0 Å². The van der Waals surface area contributed by atoms with Crippen LogP contribution >= 0.6 is 0 Å². The van der Waals surface area contributed by atoms with Crippen LogP contribution in [-0.2, 0) is 11.3 Å². The second-order valence-electron chi connectivity index (χ2n) is 3.64. The minimum atomic E-state index is -0.525. The van der Waals surface area contributed by atoms with Crippen molar-refractivity contribution in [1.82, 2.24) is 9.97 Å². The Balaban J connectivity index is 2.41. The molecular weight excluding hydrogens is 232 g/mol. The van der Waals surface area contributed by atoms with Crippen LogP contribution in [-0.4, -0.2) is 28.2 Å². The van der Waals surface area contributed by atoms with Crippen LogP contribution in [0, 0.1) is 0 Å². The molecule has 0 aliphatic rings. The van der Waals surface area contributed by atoms with Crippen molar-refractivity contribution >= 4 is 5.97 Å². The van der Waals surface area contributed by atoms with Gasteiger partial charge in [0.15, 0.2) is 5.69 Å². The SMILES string of the molecule is COC(=O)c1cncc(-c2cccc(CO)c2)n1. The van der Waals surface area contributed by atoms with Gasteiger partial charge in [0.2, 0.25) is 0 Å². The van der Waals surface area contributed by atoms with Gasteiger partial charge in [0, 0.05) is 5.56 Å². The van der Waals surface area contributed by atoms with Gasteiger partial charge in [0.1, 0.15) is 0 Å². The molecule has 5 nitrogen and oxygen atoms in total. The molecular formula is C13H12N2O3. The van der Waals surface area contributed by atoms with E-state index in [9.17, 15) is 4.79 Å². The summed E-state index contributed by atoms with van der Waals surface area (Å²) in [5.41, 5.74) is 2.29. The Morgan fingerprint density at radius 2 is 2.22 bits per heavy atom. The molecule has 0 spiro atoms. The first-order chi connectivity index (χ1) is 8.74. The summed E-state index contributed by atoms with van der Waals surface area (Å²) in [4.78, 5) is 19.5. The molecule has 0 radical (unpaired) electrons. The van der Waals surface area contributed by atoms with Crippen LogP contribution in [0.3, 0.4) is 0 Å². The molecule has 18 heavy (non-hydrogen) atoms. The van der Waals surface area contributed by atoms with Crippen molar-refractivity contribution in [3.05, 3.63) is 47.9 Å². The van der Waals surface area contributed by atoms with E-state index in [1.165, 1.54) is 13.3 Å². The average Bonchev–Trinajstić information content (AvgIpc) is 2.46. The lowest BCUT2D eigenvalue weighted by atomic mass is 10.1. The molecule has 0 saturated heterocycles. The molecule has 0 saturated carbocycles. The lowest BCUT2D eigenvalue weighted by Gasteiger charge is -2.04. The average molecular weight is 244 g/mol. The predicted molar refractivity (Wildman–Crippen MR) is 64.7 cm³/mol. The third-order valence-electron chi connectivity index (χ3n) is 2.43. The largest absolute Gasteiger partial charge is 0.464 e. The van der Waals surface area contributed by atoms with Crippen molar-refractivity contribution < 1.29 is 14.6 Å².